The molecule has 1 aromatic rings. The molecule has 0 spiro atoms. The van der Waals surface area contributed by atoms with Crippen LogP contribution < -0.4 is 5.32 Å². The Morgan fingerprint density at radius 2 is 2.09 bits per heavy atom. The summed E-state index contributed by atoms with van der Waals surface area (Å²) < 4.78 is 13.6. The Morgan fingerprint density at radius 3 is 2.82 bits per heavy atom. The van der Waals surface area contributed by atoms with Crippen LogP contribution in [0.5, 0.6) is 0 Å². The summed E-state index contributed by atoms with van der Waals surface area (Å²) in [5, 5.41) is 3.26. The fourth-order valence-corrected chi connectivity index (χ4v) is 4.17. The van der Waals surface area contributed by atoms with E-state index in [0.717, 1.165) is 29.6 Å². The zero-order valence-electron chi connectivity index (χ0n) is 13.7. The number of nitrogens with one attached hydrogen (secondary N) is 1. The Labute approximate surface area is 133 Å². The number of rotatable bonds is 5. The lowest BCUT2D eigenvalue weighted by atomic mass is 9.73. The van der Waals surface area contributed by atoms with Crippen molar-refractivity contribution in [2.24, 2.45) is 11.8 Å². The first-order valence-electron chi connectivity index (χ1n) is 8.67. The van der Waals surface area contributed by atoms with Crippen molar-refractivity contribution < 1.29 is 4.39 Å². The van der Waals surface area contributed by atoms with Crippen molar-refractivity contribution in [3.05, 3.63) is 34.9 Å². The molecule has 2 nitrogen and oxygen atoms in total. The maximum absolute atomic E-state index is 13.6. The van der Waals surface area contributed by atoms with Gasteiger partial charge in [0.05, 0.1) is 5.69 Å². The Balaban J connectivity index is 1.64. The molecule has 3 heteroatoms. The van der Waals surface area contributed by atoms with Gasteiger partial charge in [-0.25, -0.2) is 4.39 Å². The molecule has 22 heavy (non-hydrogen) atoms. The van der Waals surface area contributed by atoms with Crippen LogP contribution in [0.3, 0.4) is 0 Å². The van der Waals surface area contributed by atoms with E-state index in [0.29, 0.717) is 12.3 Å². The van der Waals surface area contributed by atoms with Crippen molar-refractivity contribution >= 4 is 6.08 Å². The van der Waals surface area contributed by atoms with Gasteiger partial charge in [0, 0.05) is 18.2 Å². The first kappa shape index (κ1) is 15.7. The van der Waals surface area contributed by atoms with E-state index < -0.39 is 0 Å². The van der Waals surface area contributed by atoms with Crippen molar-refractivity contribution in [3.63, 3.8) is 0 Å². The zero-order chi connectivity index (χ0) is 15.5. The van der Waals surface area contributed by atoms with E-state index in [2.05, 4.69) is 23.3 Å². The first-order chi connectivity index (χ1) is 10.7. The van der Waals surface area contributed by atoms with Crippen molar-refractivity contribution in [1.82, 2.24) is 10.3 Å². The maximum Gasteiger partial charge on any atom is 0.107 e. The number of halogens is 1. The summed E-state index contributed by atoms with van der Waals surface area (Å²) in [4.78, 5) is 4.34. The molecule has 0 aromatic carbocycles. The van der Waals surface area contributed by atoms with Crippen LogP contribution in [0.15, 0.2) is 18.1 Å². The molecule has 1 saturated carbocycles. The van der Waals surface area contributed by atoms with Gasteiger partial charge in [0.25, 0.3) is 0 Å². The number of allylic oxidation sites excluding steroid dienone is 1. The Bertz CT molecular complexity index is 544. The molecule has 1 N–H and O–H groups in total. The van der Waals surface area contributed by atoms with Gasteiger partial charge in [-0.1, -0.05) is 6.92 Å². The van der Waals surface area contributed by atoms with Gasteiger partial charge in [0.15, 0.2) is 0 Å². The number of hydrogen-bond donors (Lipinski definition) is 1. The summed E-state index contributed by atoms with van der Waals surface area (Å²) >= 11 is 0. The minimum absolute atomic E-state index is 0.0377. The van der Waals surface area contributed by atoms with E-state index in [1.54, 1.807) is 6.08 Å². The van der Waals surface area contributed by atoms with E-state index in [4.69, 9.17) is 0 Å². The molecule has 0 saturated heterocycles. The second-order valence-corrected chi connectivity index (χ2v) is 7.01. The largest absolute Gasteiger partial charge is 0.320 e. The third kappa shape index (κ3) is 3.24. The second-order valence-electron chi connectivity index (χ2n) is 7.01. The van der Waals surface area contributed by atoms with Crippen LogP contribution in [0.2, 0.25) is 0 Å². The van der Waals surface area contributed by atoms with Crippen LogP contribution in [-0.4, -0.2) is 18.6 Å². The van der Waals surface area contributed by atoms with Crippen LogP contribution >= 0.6 is 0 Å². The fourth-order valence-electron chi connectivity index (χ4n) is 4.17. The monoisotopic (exact) mass is 302 g/mol. The highest BCUT2D eigenvalue weighted by Crippen LogP contribution is 2.42. The number of fused-ring (bicyclic) bond motifs is 1. The summed E-state index contributed by atoms with van der Waals surface area (Å²) in [6, 6.07) is 2.11. The lowest BCUT2D eigenvalue weighted by Gasteiger charge is -2.33. The highest BCUT2D eigenvalue weighted by Gasteiger charge is 2.28. The lowest BCUT2D eigenvalue weighted by Crippen LogP contribution is -2.22. The molecule has 1 unspecified atom stereocenters. The topological polar surface area (TPSA) is 24.9 Å². The second kappa shape index (κ2) is 6.91. The molecular weight excluding hydrogens is 275 g/mol. The third-order valence-corrected chi connectivity index (χ3v) is 5.61. The predicted molar refractivity (Wildman–Crippen MR) is 89.4 cm³/mol. The van der Waals surface area contributed by atoms with E-state index in [-0.39, 0.29) is 5.83 Å². The summed E-state index contributed by atoms with van der Waals surface area (Å²) in [7, 11) is 2.03. The smallest absolute Gasteiger partial charge is 0.107 e. The van der Waals surface area contributed by atoms with Crippen LogP contribution in [-0.2, 0) is 6.42 Å². The molecule has 1 atom stereocenters. The maximum atomic E-state index is 13.6. The summed E-state index contributed by atoms with van der Waals surface area (Å²) in [6.45, 7) is 3.51. The fraction of sp³-hybridized carbons (Fsp3) is 0.632. The van der Waals surface area contributed by atoms with E-state index >= 15 is 0 Å². The Kier molecular flexibility index (Phi) is 4.92. The summed E-state index contributed by atoms with van der Waals surface area (Å²) in [6.07, 6.45) is 10.3. The van der Waals surface area contributed by atoms with E-state index in [9.17, 15) is 4.39 Å². The van der Waals surface area contributed by atoms with Crippen molar-refractivity contribution in [3.8, 4) is 0 Å². The molecule has 0 bridgehead atoms. The molecule has 120 valence electrons. The molecule has 3 rings (SSSR count). The van der Waals surface area contributed by atoms with E-state index in [1.807, 2.05) is 13.2 Å². The molecular formula is C19H27FN2. The average molecular weight is 302 g/mol. The van der Waals surface area contributed by atoms with Gasteiger partial charge in [-0.15, -0.1) is 0 Å². The molecule has 0 aliphatic heterocycles. The molecule has 0 radical (unpaired) electrons. The normalized spacial score (nSPS) is 25.7. The first-order valence-corrected chi connectivity index (χ1v) is 8.67. The Hall–Kier alpha value is -1.22. The highest BCUT2D eigenvalue weighted by atomic mass is 19.1. The van der Waals surface area contributed by atoms with Crippen LogP contribution in [0, 0.1) is 11.8 Å². The van der Waals surface area contributed by atoms with Gasteiger partial charge in [0.2, 0.25) is 0 Å². The Morgan fingerprint density at radius 1 is 1.32 bits per heavy atom. The summed E-state index contributed by atoms with van der Waals surface area (Å²) in [5.74, 6) is 2.21. The third-order valence-electron chi connectivity index (χ3n) is 5.61. The number of hydrogen-bond acceptors (Lipinski definition) is 2. The molecule has 0 amide bonds. The molecule has 1 aromatic heterocycles. The summed E-state index contributed by atoms with van der Waals surface area (Å²) in [5.41, 5.74) is 3.34. The highest BCUT2D eigenvalue weighted by molar-refractivity contribution is 5.64. The SMILES string of the molecule is CNCCC(C)C1CCC(c2ccnc3c2C=C(F)C3)CC1. The molecule has 1 fully saturated rings. The van der Waals surface area contributed by atoms with Crippen LogP contribution in [0.4, 0.5) is 4.39 Å². The quantitative estimate of drug-likeness (QED) is 0.868. The van der Waals surface area contributed by atoms with Crippen LogP contribution in [0.25, 0.3) is 6.08 Å². The predicted octanol–water partition coefficient (Wildman–Crippen LogP) is 4.47. The molecule has 1 heterocycles. The zero-order valence-corrected chi connectivity index (χ0v) is 13.7. The van der Waals surface area contributed by atoms with Gasteiger partial charge in [0.1, 0.15) is 5.83 Å². The minimum atomic E-state index is -0.0377. The van der Waals surface area contributed by atoms with Gasteiger partial charge in [-0.3, -0.25) is 4.98 Å². The van der Waals surface area contributed by atoms with Gasteiger partial charge in [-0.2, -0.15) is 0 Å². The van der Waals surface area contributed by atoms with Crippen LogP contribution in [0.1, 0.15) is 61.8 Å². The standard InChI is InChI=1S/C19H27FN2/c1-13(7-9-21-2)14-3-5-15(6-4-14)17-8-10-22-19-12-16(20)11-18(17)19/h8,10-11,13-15,21H,3-7,9,12H2,1-2H3. The van der Waals surface area contributed by atoms with Gasteiger partial charge < -0.3 is 5.32 Å². The number of aromatic nitrogens is 1. The molecule has 2 aliphatic carbocycles. The van der Waals surface area contributed by atoms with Gasteiger partial charge >= 0.3 is 0 Å². The minimum Gasteiger partial charge on any atom is -0.320 e. The molecule has 2 aliphatic rings. The van der Waals surface area contributed by atoms with Crippen molar-refractivity contribution in [2.75, 3.05) is 13.6 Å². The number of pyridine rings is 1. The van der Waals surface area contributed by atoms with Gasteiger partial charge in [-0.05, 0) is 81.2 Å². The lowest BCUT2D eigenvalue weighted by molar-refractivity contribution is 0.235. The van der Waals surface area contributed by atoms with Crippen molar-refractivity contribution in [2.45, 2.75) is 51.4 Å². The average Bonchev–Trinajstić information content (AvgIpc) is 2.92. The van der Waals surface area contributed by atoms with Crippen molar-refractivity contribution in [1.29, 1.82) is 0 Å². The number of nitrogens with zero attached hydrogens (tertiary/aromatic N) is 1. The van der Waals surface area contributed by atoms with E-state index in [1.165, 1.54) is 37.7 Å².